The minimum Gasteiger partial charge on any atom is -0.464 e. The lowest BCUT2D eigenvalue weighted by atomic mass is 10.3. The molecule has 1 aromatic carbocycles. The standard InChI is InChI=1S/C9H8O4S/c1-12-14(10,11)8-2-3-9-7(6-8)4-5-13-9/h2-6H,1H3. The lowest BCUT2D eigenvalue weighted by molar-refractivity contribution is 0.398. The van der Waals surface area contributed by atoms with Gasteiger partial charge in [-0.05, 0) is 24.3 Å². The van der Waals surface area contributed by atoms with Crippen LogP contribution in [0.15, 0.2) is 39.8 Å². The lowest BCUT2D eigenvalue weighted by Gasteiger charge is -1.99. The van der Waals surface area contributed by atoms with E-state index in [0.29, 0.717) is 5.58 Å². The number of fused-ring (bicyclic) bond motifs is 1. The summed E-state index contributed by atoms with van der Waals surface area (Å²) in [5.74, 6) is 0. The molecule has 2 rings (SSSR count). The summed E-state index contributed by atoms with van der Waals surface area (Å²) in [6.07, 6.45) is 1.51. The Bertz CT molecular complexity index is 553. The number of benzene rings is 1. The predicted octanol–water partition coefficient (Wildman–Crippen LogP) is 1.77. The molecule has 0 radical (unpaired) electrons. The van der Waals surface area contributed by atoms with E-state index in [1.165, 1.54) is 18.4 Å². The van der Waals surface area contributed by atoms with Crippen LogP contribution in [0.4, 0.5) is 0 Å². The van der Waals surface area contributed by atoms with Crippen molar-refractivity contribution in [3.8, 4) is 0 Å². The van der Waals surface area contributed by atoms with E-state index in [1.54, 1.807) is 12.1 Å². The fraction of sp³-hybridized carbons (Fsp3) is 0.111. The van der Waals surface area contributed by atoms with Crippen LogP contribution < -0.4 is 0 Å². The van der Waals surface area contributed by atoms with E-state index in [1.807, 2.05) is 0 Å². The number of hydrogen-bond acceptors (Lipinski definition) is 4. The van der Waals surface area contributed by atoms with Crippen LogP contribution in [0.5, 0.6) is 0 Å². The average Bonchev–Trinajstić information content (AvgIpc) is 2.64. The highest BCUT2D eigenvalue weighted by molar-refractivity contribution is 7.86. The molecule has 0 saturated heterocycles. The van der Waals surface area contributed by atoms with Gasteiger partial charge in [-0.25, -0.2) is 0 Å². The zero-order valence-electron chi connectivity index (χ0n) is 7.43. The monoisotopic (exact) mass is 212 g/mol. The first kappa shape index (κ1) is 9.23. The molecule has 1 heterocycles. The molecule has 2 aromatic rings. The third kappa shape index (κ3) is 1.40. The van der Waals surface area contributed by atoms with E-state index in [0.717, 1.165) is 12.5 Å². The molecule has 14 heavy (non-hydrogen) atoms. The second-order valence-corrected chi connectivity index (χ2v) is 4.45. The molecule has 1 aromatic heterocycles. The van der Waals surface area contributed by atoms with E-state index >= 15 is 0 Å². The smallest absolute Gasteiger partial charge is 0.296 e. The maximum atomic E-state index is 11.3. The van der Waals surface area contributed by atoms with Gasteiger partial charge >= 0.3 is 0 Å². The Kier molecular flexibility index (Phi) is 2.05. The van der Waals surface area contributed by atoms with Gasteiger partial charge in [0.1, 0.15) is 5.58 Å². The number of furan rings is 1. The Morgan fingerprint density at radius 1 is 1.29 bits per heavy atom. The van der Waals surface area contributed by atoms with Gasteiger partial charge in [0, 0.05) is 5.39 Å². The summed E-state index contributed by atoms with van der Waals surface area (Å²) in [5.41, 5.74) is 0.653. The average molecular weight is 212 g/mol. The second kappa shape index (κ2) is 3.11. The van der Waals surface area contributed by atoms with E-state index < -0.39 is 10.1 Å². The summed E-state index contributed by atoms with van der Waals surface area (Å²) in [6.45, 7) is 0. The van der Waals surface area contributed by atoms with Gasteiger partial charge in [0.15, 0.2) is 0 Å². The molecular weight excluding hydrogens is 204 g/mol. The minimum atomic E-state index is -3.61. The van der Waals surface area contributed by atoms with Crippen molar-refractivity contribution in [1.29, 1.82) is 0 Å². The molecule has 0 amide bonds. The largest absolute Gasteiger partial charge is 0.464 e. The van der Waals surface area contributed by atoms with Gasteiger partial charge in [-0.2, -0.15) is 8.42 Å². The van der Waals surface area contributed by atoms with Crippen LogP contribution in [0, 0.1) is 0 Å². The zero-order valence-corrected chi connectivity index (χ0v) is 8.24. The van der Waals surface area contributed by atoms with Crippen LogP contribution >= 0.6 is 0 Å². The van der Waals surface area contributed by atoms with Gasteiger partial charge in [0.25, 0.3) is 10.1 Å². The van der Waals surface area contributed by atoms with Crippen LogP contribution in [-0.4, -0.2) is 15.5 Å². The Morgan fingerprint density at radius 3 is 2.79 bits per heavy atom. The Hall–Kier alpha value is -1.33. The van der Waals surface area contributed by atoms with Crippen molar-refractivity contribution in [2.24, 2.45) is 0 Å². The summed E-state index contributed by atoms with van der Waals surface area (Å²) >= 11 is 0. The number of hydrogen-bond donors (Lipinski definition) is 0. The Labute approximate surface area is 81.2 Å². The molecule has 0 atom stereocenters. The van der Waals surface area contributed by atoms with Gasteiger partial charge in [-0.15, -0.1) is 0 Å². The summed E-state index contributed by atoms with van der Waals surface area (Å²) in [5, 5.41) is 0.739. The van der Waals surface area contributed by atoms with Crippen molar-refractivity contribution in [1.82, 2.24) is 0 Å². The quantitative estimate of drug-likeness (QED) is 0.712. The molecule has 0 spiro atoms. The van der Waals surface area contributed by atoms with E-state index in [2.05, 4.69) is 4.18 Å². The Balaban J connectivity index is 2.65. The van der Waals surface area contributed by atoms with E-state index in [4.69, 9.17) is 4.42 Å². The number of rotatable bonds is 2. The van der Waals surface area contributed by atoms with E-state index in [9.17, 15) is 8.42 Å². The summed E-state index contributed by atoms with van der Waals surface area (Å²) in [4.78, 5) is 0.133. The first-order chi connectivity index (χ1) is 6.63. The third-order valence-corrected chi connectivity index (χ3v) is 3.20. The first-order valence-corrected chi connectivity index (χ1v) is 5.32. The van der Waals surface area contributed by atoms with Gasteiger partial charge in [0.2, 0.25) is 0 Å². The van der Waals surface area contributed by atoms with Crippen molar-refractivity contribution in [2.75, 3.05) is 7.11 Å². The maximum absolute atomic E-state index is 11.3. The Morgan fingerprint density at radius 2 is 2.07 bits per heavy atom. The first-order valence-electron chi connectivity index (χ1n) is 3.91. The minimum absolute atomic E-state index is 0.133. The van der Waals surface area contributed by atoms with Gasteiger partial charge in [-0.3, -0.25) is 4.18 Å². The van der Waals surface area contributed by atoms with Gasteiger partial charge in [-0.1, -0.05) is 0 Å². The molecule has 5 heteroatoms. The van der Waals surface area contributed by atoms with Crippen LogP contribution in [0.2, 0.25) is 0 Å². The van der Waals surface area contributed by atoms with E-state index in [-0.39, 0.29) is 4.90 Å². The second-order valence-electron chi connectivity index (χ2n) is 2.74. The topological polar surface area (TPSA) is 56.5 Å². The van der Waals surface area contributed by atoms with Crippen LogP contribution in [0.25, 0.3) is 11.0 Å². The van der Waals surface area contributed by atoms with Crippen molar-refractivity contribution in [3.63, 3.8) is 0 Å². The molecule has 0 fully saturated rings. The van der Waals surface area contributed by atoms with Crippen molar-refractivity contribution >= 4 is 21.1 Å². The molecule has 0 aliphatic carbocycles. The predicted molar refractivity (Wildman–Crippen MR) is 50.4 cm³/mol. The van der Waals surface area contributed by atoms with Crippen LogP contribution in [-0.2, 0) is 14.3 Å². The normalized spacial score (nSPS) is 12.1. The summed E-state index contributed by atoms with van der Waals surface area (Å²) in [7, 11) is -2.48. The molecule has 74 valence electrons. The SMILES string of the molecule is COS(=O)(=O)c1ccc2occc2c1. The maximum Gasteiger partial charge on any atom is 0.296 e. The van der Waals surface area contributed by atoms with Crippen LogP contribution in [0.3, 0.4) is 0 Å². The molecule has 0 unspecified atom stereocenters. The fourth-order valence-electron chi connectivity index (χ4n) is 1.20. The molecule has 0 N–H and O–H groups in total. The third-order valence-electron chi connectivity index (χ3n) is 1.93. The lowest BCUT2D eigenvalue weighted by Crippen LogP contribution is -2.01. The highest BCUT2D eigenvalue weighted by Crippen LogP contribution is 2.20. The highest BCUT2D eigenvalue weighted by Gasteiger charge is 2.13. The summed E-state index contributed by atoms with van der Waals surface area (Å²) in [6, 6.07) is 6.26. The molecule has 0 aliphatic rings. The van der Waals surface area contributed by atoms with Crippen molar-refractivity contribution in [2.45, 2.75) is 4.90 Å². The van der Waals surface area contributed by atoms with Gasteiger partial charge < -0.3 is 4.42 Å². The van der Waals surface area contributed by atoms with Crippen molar-refractivity contribution < 1.29 is 17.0 Å². The molecular formula is C9H8O4S. The van der Waals surface area contributed by atoms with Crippen LogP contribution in [0.1, 0.15) is 0 Å². The molecule has 0 saturated carbocycles. The summed E-state index contributed by atoms with van der Waals surface area (Å²) < 4.78 is 32.1. The fourth-order valence-corrected chi connectivity index (χ4v) is 1.89. The highest BCUT2D eigenvalue weighted by atomic mass is 32.2. The molecule has 0 bridgehead atoms. The van der Waals surface area contributed by atoms with Crippen molar-refractivity contribution in [3.05, 3.63) is 30.5 Å². The molecule has 4 nitrogen and oxygen atoms in total. The molecule has 0 aliphatic heterocycles. The zero-order chi connectivity index (χ0) is 10.2. The van der Waals surface area contributed by atoms with Gasteiger partial charge in [0.05, 0.1) is 18.3 Å².